The van der Waals surface area contributed by atoms with Crippen LogP contribution < -0.4 is 5.32 Å². The van der Waals surface area contributed by atoms with Crippen LogP contribution in [0.5, 0.6) is 0 Å². The number of thioether (sulfide) groups is 1. The van der Waals surface area contributed by atoms with Crippen molar-refractivity contribution < 1.29 is 19.2 Å². The molecule has 5 rings (SSSR count). The van der Waals surface area contributed by atoms with Crippen LogP contribution in [-0.4, -0.2) is 62.5 Å². The van der Waals surface area contributed by atoms with Crippen LogP contribution in [0.1, 0.15) is 31.1 Å². The Morgan fingerprint density at radius 3 is 2.26 bits per heavy atom. The minimum atomic E-state index is -0.851. The smallest absolute Gasteiger partial charge is 0.273 e. The van der Waals surface area contributed by atoms with Crippen LogP contribution in [0.15, 0.2) is 76.9 Å². The maximum atomic E-state index is 13.5. The molecule has 0 radical (unpaired) electrons. The molecule has 1 N–H and O–H groups in total. The number of benzene rings is 2. The lowest BCUT2D eigenvalue weighted by molar-refractivity contribution is -0.115. The normalized spacial score (nSPS) is 17.3. The first-order valence-electron chi connectivity index (χ1n) is 10.5. The maximum Gasteiger partial charge on any atom is 0.273 e. The van der Waals surface area contributed by atoms with Gasteiger partial charge in [0.1, 0.15) is 5.56 Å². The van der Waals surface area contributed by atoms with E-state index >= 15 is 0 Å². The summed E-state index contributed by atoms with van der Waals surface area (Å²) in [6.45, 7) is 0. The largest absolute Gasteiger partial charge is 0.382 e. The van der Waals surface area contributed by atoms with Gasteiger partial charge in [-0.2, -0.15) is 0 Å². The number of para-hydroxylation sites is 1. The molecule has 0 atom stereocenters. The summed E-state index contributed by atoms with van der Waals surface area (Å²) in [5, 5.41) is 7.28. The van der Waals surface area contributed by atoms with E-state index in [1.165, 1.54) is 23.0 Å². The average molecular weight is 487 g/mol. The molecule has 2 aliphatic rings. The van der Waals surface area contributed by atoms with E-state index in [1.807, 2.05) is 6.07 Å². The SMILES string of the molecule is CN(C)/C=C1\SC(=Nc2nn(-c3ccccc3)cc2C(=O)N2C(=O)c3ccccc3C2=O)NC1=O. The lowest BCUT2D eigenvalue weighted by atomic mass is 10.1. The number of nitrogens with zero attached hydrogens (tertiary/aromatic N) is 5. The first-order valence-corrected chi connectivity index (χ1v) is 11.3. The van der Waals surface area contributed by atoms with Gasteiger partial charge in [-0.1, -0.05) is 30.3 Å². The predicted octanol–water partition coefficient (Wildman–Crippen LogP) is 2.56. The van der Waals surface area contributed by atoms with Crippen molar-refractivity contribution in [1.82, 2.24) is 24.9 Å². The van der Waals surface area contributed by atoms with E-state index < -0.39 is 17.7 Å². The Morgan fingerprint density at radius 1 is 1.00 bits per heavy atom. The predicted molar refractivity (Wildman–Crippen MR) is 129 cm³/mol. The third-order valence-electron chi connectivity index (χ3n) is 5.18. The van der Waals surface area contributed by atoms with Crippen molar-refractivity contribution in [2.24, 2.45) is 4.99 Å². The third-order valence-corrected chi connectivity index (χ3v) is 6.07. The minimum absolute atomic E-state index is 0.0377. The molecule has 174 valence electrons. The maximum absolute atomic E-state index is 13.5. The van der Waals surface area contributed by atoms with E-state index in [2.05, 4.69) is 15.4 Å². The van der Waals surface area contributed by atoms with Gasteiger partial charge in [0.15, 0.2) is 11.0 Å². The Balaban J connectivity index is 1.57. The van der Waals surface area contributed by atoms with Crippen LogP contribution in [0.2, 0.25) is 0 Å². The summed E-state index contributed by atoms with van der Waals surface area (Å²) in [5.74, 6) is -2.64. The summed E-state index contributed by atoms with van der Waals surface area (Å²) in [4.78, 5) is 58.7. The van der Waals surface area contributed by atoms with E-state index in [0.717, 1.165) is 11.8 Å². The Kier molecular flexibility index (Phi) is 5.53. The van der Waals surface area contributed by atoms with Crippen molar-refractivity contribution in [3.8, 4) is 5.69 Å². The summed E-state index contributed by atoms with van der Waals surface area (Å²) >= 11 is 1.09. The van der Waals surface area contributed by atoms with Crippen molar-refractivity contribution in [2.75, 3.05) is 14.1 Å². The molecule has 11 heteroatoms. The number of amidine groups is 1. The standard InChI is InChI=1S/C24H18N6O4S/c1-28(2)13-18-20(31)26-24(35-18)25-19-17(12-29(27-19)14-8-4-3-5-9-14)23(34)30-21(32)15-10-6-7-11-16(15)22(30)33/h3-13H,1-2H3,(H,25,26,27,31)/b18-13-. The zero-order valence-corrected chi connectivity index (χ0v) is 19.4. The fourth-order valence-electron chi connectivity index (χ4n) is 3.61. The number of fused-ring (bicyclic) bond motifs is 1. The number of hydrogen-bond acceptors (Lipinski definition) is 8. The summed E-state index contributed by atoms with van der Waals surface area (Å²) in [7, 11) is 3.58. The van der Waals surface area contributed by atoms with Gasteiger partial charge in [-0.05, 0) is 36.0 Å². The average Bonchev–Trinajstić information content (AvgIpc) is 3.49. The van der Waals surface area contributed by atoms with E-state index in [4.69, 9.17) is 0 Å². The topological polar surface area (TPSA) is 117 Å². The van der Waals surface area contributed by atoms with Crippen LogP contribution >= 0.6 is 11.8 Å². The molecule has 2 aromatic carbocycles. The number of imide groups is 3. The van der Waals surface area contributed by atoms with Gasteiger partial charge in [0, 0.05) is 26.5 Å². The highest BCUT2D eigenvalue weighted by molar-refractivity contribution is 8.18. The van der Waals surface area contributed by atoms with Crippen LogP contribution in [0.25, 0.3) is 5.69 Å². The lowest BCUT2D eigenvalue weighted by Gasteiger charge is -2.10. The van der Waals surface area contributed by atoms with Gasteiger partial charge < -0.3 is 10.2 Å². The van der Waals surface area contributed by atoms with E-state index in [9.17, 15) is 19.2 Å². The number of aliphatic imine (C=N–C) groups is 1. The van der Waals surface area contributed by atoms with Gasteiger partial charge in [0.2, 0.25) is 0 Å². The van der Waals surface area contributed by atoms with Crippen molar-refractivity contribution in [1.29, 1.82) is 0 Å². The molecule has 35 heavy (non-hydrogen) atoms. The minimum Gasteiger partial charge on any atom is -0.382 e. The quantitative estimate of drug-likeness (QED) is 0.445. The molecule has 0 bridgehead atoms. The molecule has 3 aromatic rings. The van der Waals surface area contributed by atoms with Crippen LogP contribution in [0, 0.1) is 0 Å². The van der Waals surface area contributed by atoms with E-state index in [-0.39, 0.29) is 33.6 Å². The van der Waals surface area contributed by atoms with Gasteiger partial charge in [0.05, 0.1) is 21.7 Å². The van der Waals surface area contributed by atoms with Crippen molar-refractivity contribution in [3.05, 3.63) is 88.6 Å². The highest BCUT2D eigenvalue weighted by Crippen LogP contribution is 2.30. The number of nitrogens with one attached hydrogen (secondary N) is 1. The monoisotopic (exact) mass is 486 g/mol. The molecule has 0 spiro atoms. The lowest BCUT2D eigenvalue weighted by Crippen LogP contribution is -2.36. The second-order valence-electron chi connectivity index (χ2n) is 7.87. The van der Waals surface area contributed by atoms with Crippen LogP contribution in [-0.2, 0) is 4.79 Å². The fourth-order valence-corrected chi connectivity index (χ4v) is 4.50. The Hall–Kier alpha value is -4.51. The van der Waals surface area contributed by atoms with Gasteiger partial charge >= 0.3 is 0 Å². The molecule has 4 amide bonds. The first kappa shape index (κ1) is 22.3. The molecule has 0 saturated carbocycles. The number of carbonyl (C=O) groups is 4. The fraction of sp³-hybridized carbons (Fsp3) is 0.0833. The Labute approximate surface area is 203 Å². The molecule has 1 fully saturated rings. The number of aromatic nitrogens is 2. The van der Waals surface area contributed by atoms with Gasteiger partial charge in [-0.25, -0.2) is 14.6 Å². The summed E-state index contributed by atoms with van der Waals surface area (Å²) < 4.78 is 1.43. The molecule has 0 aliphatic carbocycles. The highest BCUT2D eigenvalue weighted by Gasteiger charge is 2.41. The van der Waals surface area contributed by atoms with E-state index in [0.29, 0.717) is 15.5 Å². The van der Waals surface area contributed by atoms with Gasteiger partial charge in [-0.15, -0.1) is 5.10 Å². The van der Waals surface area contributed by atoms with Crippen molar-refractivity contribution in [2.45, 2.75) is 0 Å². The molecular weight excluding hydrogens is 468 g/mol. The molecule has 1 aromatic heterocycles. The molecular formula is C24H18N6O4S. The second-order valence-corrected chi connectivity index (χ2v) is 8.90. The van der Waals surface area contributed by atoms with E-state index in [1.54, 1.807) is 61.6 Å². The van der Waals surface area contributed by atoms with Crippen LogP contribution in [0.3, 0.4) is 0 Å². The Bertz CT molecular complexity index is 1420. The van der Waals surface area contributed by atoms with Crippen molar-refractivity contribution in [3.63, 3.8) is 0 Å². The van der Waals surface area contributed by atoms with Crippen molar-refractivity contribution >= 4 is 46.4 Å². The molecule has 3 heterocycles. The number of amides is 4. The summed E-state index contributed by atoms with van der Waals surface area (Å²) in [6.07, 6.45) is 3.06. The number of carbonyl (C=O) groups excluding carboxylic acids is 4. The molecule has 1 saturated heterocycles. The zero-order valence-electron chi connectivity index (χ0n) is 18.6. The van der Waals surface area contributed by atoms with Gasteiger partial charge in [-0.3, -0.25) is 19.2 Å². The molecule has 2 aliphatic heterocycles. The number of rotatable bonds is 4. The van der Waals surface area contributed by atoms with Gasteiger partial charge in [0.25, 0.3) is 23.6 Å². The van der Waals surface area contributed by atoms with Crippen LogP contribution in [0.4, 0.5) is 5.82 Å². The summed E-state index contributed by atoms with van der Waals surface area (Å²) in [5.41, 5.74) is 0.903. The second kappa shape index (κ2) is 8.69. The molecule has 0 unspecified atom stereocenters. The zero-order chi connectivity index (χ0) is 24.7. The molecule has 10 nitrogen and oxygen atoms in total. The third kappa shape index (κ3) is 4.02. The first-order chi connectivity index (χ1) is 16.8. The Morgan fingerprint density at radius 2 is 1.63 bits per heavy atom. The number of hydrogen-bond donors (Lipinski definition) is 1. The highest BCUT2D eigenvalue weighted by atomic mass is 32.2. The summed E-state index contributed by atoms with van der Waals surface area (Å²) in [6, 6.07) is 15.3.